The predicted molar refractivity (Wildman–Crippen MR) is 52.9 cm³/mol. The molecule has 0 aliphatic carbocycles. The molecule has 0 spiro atoms. The van der Waals surface area contributed by atoms with Crippen molar-refractivity contribution in [3.63, 3.8) is 0 Å². The summed E-state index contributed by atoms with van der Waals surface area (Å²) < 4.78 is 0. The molecule has 0 radical (unpaired) electrons. The molecule has 74 valence electrons. The first kappa shape index (κ1) is 11.9. The van der Waals surface area contributed by atoms with Crippen molar-refractivity contribution >= 4 is 0 Å². The Morgan fingerprint density at radius 2 is 1.17 bits per heavy atom. The molecule has 0 bridgehead atoms. The van der Waals surface area contributed by atoms with E-state index in [1.807, 2.05) is 41.5 Å². The van der Waals surface area contributed by atoms with E-state index in [9.17, 15) is 5.11 Å². The van der Waals surface area contributed by atoms with Gasteiger partial charge >= 0.3 is 0 Å². The molecule has 0 aromatic rings. The first-order chi connectivity index (χ1) is 5.06. The molecule has 0 atom stereocenters. The molecule has 0 heterocycles. The van der Waals surface area contributed by atoms with Crippen molar-refractivity contribution in [2.45, 2.75) is 47.1 Å². The summed E-state index contributed by atoms with van der Waals surface area (Å²) in [6.45, 7) is 12.4. The van der Waals surface area contributed by atoms with Gasteiger partial charge in [0.15, 0.2) is 0 Å². The van der Waals surface area contributed by atoms with Crippen LogP contribution in [0.3, 0.4) is 0 Å². The minimum atomic E-state index is -0.806. The van der Waals surface area contributed by atoms with E-state index < -0.39 is 5.60 Å². The molecule has 0 aromatic heterocycles. The minimum Gasteiger partial charge on any atom is -0.387 e. The number of aliphatic hydroxyl groups is 1. The van der Waals surface area contributed by atoms with Crippen LogP contribution in [0, 0.1) is 10.8 Å². The van der Waals surface area contributed by atoms with E-state index in [0.717, 1.165) is 0 Å². The second-order valence-electron chi connectivity index (χ2n) is 5.56. The monoisotopic (exact) mass is 173 g/mol. The van der Waals surface area contributed by atoms with Gasteiger partial charge in [0.2, 0.25) is 0 Å². The first-order valence-corrected chi connectivity index (χ1v) is 4.49. The molecule has 0 amide bonds. The summed E-state index contributed by atoms with van der Waals surface area (Å²) in [6.07, 6.45) is 0. The molecule has 12 heavy (non-hydrogen) atoms. The van der Waals surface area contributed by atoms with Gasteiger partial charge in [-0.3, -0.25) is 0 Å². The summed E-state index contributed by atoms with van der Waals surface area (Å²) in [6, 6.07) is 0. The van der Waals surface area contributed by atoms with Gasteiger partial charge in [-0.05, 0) is 10.8 Å². The van der Waals surface area contributed by atoms with E-state index in [2.05, 4.69) is 0 Å². The van der Waals surface area contributed by atoms with Gasteiger partial charge in [-0.25, -0.2) is 0 Å². The molecule has 0 aliphatic rings. The van der Waals surface area contributed by atoms with Crippen molar-refractivity contribution in [1.82, 2.24) is 0 Å². The lowest BCUT2D eigenvalue weighted by Crippen LogP contribution is -2.58. The van der Waals surface area contributed by atoms with E-state index in [4.69, 9.17) is 5.73 Å². The number of hydrogen-bond donors (Lipinski definition) is 2. The Morgan fingerprint density at radius 1 is 0.917 bits per heavy atom. The molecular formula is C10H23NO. The SMILES string of the molecule is CC(C)(C)C(O)(CN)C(C)(C)C. The van der Waals surface area contributed by atoms with Crippen molar-refractivity contribution in [3.05, 3.63) is 0 Å². The average Bonchev–Trinajstić information content (AvgIpc) is 1.81. The fourth-order valence-electron chi connectivity index (χ4n) is 1.74. The Morgan fingerprint density at radius 3 is 1.17 bits per heavy atom. The third kappa shape index (κ3) is 1.80. The molecule has 0 aromatic carbocycles. The second kappa shape index (κ2) is 3.00. The van der Waals surface area contributed by atoms with Crippen LogP contribution in [0.1, 0.15) is 41.5 Å². The summed E-state index contributed by atoms with van der Waals surface area (Å²) in [7, 11) is 0. The lowest BCUT2D eigenvalue weighted by Gasteiger charge is -2.48. The minimum absolute atomic E-state index is 0.181. The van der Waals surface area contributed by atoms with Gasteiger partial charge in [-0.1, -0.05) is 41.5 Å². The number of hydrogen-bond acceptors (Lipinski definition) is 2. The summed E-state index contributed by atoms with van der Waals surface area (Å²) in [5, 5.41) is 10.4. The smallest absolute Gasteiger partial charge is 0.0865 e. The third-order valence-electron chi connectivity index (χ3n) is 2.78. The van der Waals surface area contributed by atoms with E-state index in [1.54, 1.807) is 0 Å². The van der Waals surface area contributed by atoms with Crippen LogP contribution in [0.4, 0.5) is 0 Å². The highest BCUT2D eigenvalue weighted by atomic mass is 16.3. The van der Waals surface area contributed by atoms with Gasteiger partial charge in [-0.2, -0.15) is 0 Å². The fraction of sp³-hybridized carbons (Fsp3) is 1.00. The number of nitrogens with two attached hydrogens (primary N) is 1. The summed E-state index contributed by atoms with van der Waals surface area (Å²) in [4.78, 5) is 0. The molecule has 0 aliphatic heterocycles. The zero-order chi connectivity index (χ0) is 10.2. The van der Waals surface area contributed by atoms with E-state index >= 15 is 0 Å². The highest BCUT2D eigenvalue weighted by Crippen LogP contribution is 2.42. The molecular weight excluding hydrogens is 150 g/mol. The van der Waals surface area contributed by atoms with Crippen LogP contribution in [0.15, 0.2) is 0 Å². The van der Waals surface area contributed by atoms with Crippen LogP contribution in [-0.4, -0.2) is 17.3 Å². The number of rotatable bonds is 1. The summed E-state index contributed by atoms with van der Waals surface area (Å²) in [5.41, 5.74) is 4.46. The van der Waals surface area contributed by atoms with Gasteiger partial charge in [0.25, 0.3) is 0 Å². The highest BCUT2D eigenvalue weighted by molar-refractivity contribution is 4.99. The van der Waals surface area contributed by atoms with Gasteiger partial charge in [-0.15, -0.1) is 0 Å². The topological polar surface area (TPSA) is 46.2 Å². The summed E-state index contributed by atoms with van der Waals surface area (Å²) in [5.74, 6) is 0. The lowest BCUT2D eigenvalue weighted by atomic mass is 9.62. The quantitative estimate of drug-likeness (QED) is 0.635. The molecule has 0 fully saturated rings. The van der Waals surface area contributed by atoms with Crippen molar-refractivity contribution < 1.29 is 5.11 Å². The Kier molecular flexibility index (Phi) is 2.98. The first-order valence-electron chi connectivity index (χ1n) is 4.49. The Hall–Kier alpha value is -0.0800. The van der Waals surface area contributed by atoms with Crippen molar-refractivity contribution in [3.8, 4) is 0 Å². The van der Waals surface area contributed by atoms with Crippen LogP contribution in [-0.2, 0) is 0 Å². The molecule has 0 rings (SSSR count). The van der Waals surface area contributed by atoms with E-state index in [-0.39, 0.29) is 10.8 Å². The van der Waals surface area contributed by atoms with Gasteiger partial charge in [0.05, 0.1) is 5.60 Å². The molecule has 2 heteroatoms. The third-order valence-corrected chi connectivity index (χ3v) is 2.78. The van der Waals surface area contributed by atoms with E-state index in [1.165, 1.54) is 0 Å². The Labute approximate surface area is 76.2 Å². The maximum absolute atomic E-state index is 10.4. The molecule has 3 N–H and O–H groups in total. The zero-order valence-corrected chi connectivity index (χ0v) is 9.23. The largest absolute Gasteiger partial charge is 0.387 e. The van der Waals surface area contributed by atoms with E-state index in [0.29, 0.717) is 6.54 Å². The lowest BCUT2D eigenvalue weighted by molar-refractivity contribution is -0.128. The normalized spacial score (nSPS) is 15.0. The average molecular weight is 173 g/mol. The maximum Gasteiger partial charge on any atom is 0.0865 e. The molecule has 2 nitrogen and oxygen atoms in total. The van der Waals surface area contributed by atoms with Crippen molar-refractivity contribution in [1.29, 1.82) is 0 Å². The molecule has 0 saturated heterocycles. The highest BCUT2D eigenvalue weighted by Gasteiger charge is 2.47. The maximum atomic E-state index is 10.4. The van der Waals surface area contributed by atoms with Gasteiger partial charge in [0.1, 0.15) is 0 Å². The summed E-state index contributed by atoms with van der Waals surface area (Å²) >= 11 is 0. The predicted octanol–water partition coefficient (Wildman–Crippen LogP) is 1.77. The molecule has 0 saturated carbocycles. The van der Waals surface area contributed by atoms with Gasteiger partial charge in [0, 0.05) is 6.54 Å². The zero-order valence-electron chi connectivity index (χ0n) is 9.23. The molecule has 0 unspecified atom stereocenters. The van der Waals surface area contributed by atoms with Gasteiger partial charge < -0.3 is 10.8 Å². The van der Waals surface area contributed by atoms with Crippen LogP contribution in [0.2, 0.25) is 0 Å². The van der Waals surface area contributed by atoms with Crippen molar-refractivity contribution in [2.24, 2.45) is 16.6 Å². The van der Waals surface area contributed by atoms with Crippen LogP contribution < -0.4 is 5.73 Å². The van der Waals surface area contributed by atoms with Crippen LogP contribution in [0.25, 0.3) is 0 Å². The Balaban J connectivity index is 4.95. The standard InChI is InChI=1S/C10H23NO/c1-8(2,3)10(12,7-11)9(4,5)6/h12H,7,11H2,1-6H3. The fourth-order valence-corrected chi connectivity index (χ4v) is 1.74. The second-order valence-corrected chi connectivity index (χ2v) is 5.56. The van der Waals surface area contributed by atoms with Crippen molar-refractivity contribution in [2.75, 3.05) is 6.54 Å². The Bertz CT molecular complexity index is 136. The van der Waals surface area contributed by atoms with Crippen LogP contribution >= 0.6 is 0 Å². The van der Waals surface area contributed by atoms with Crippen LogP contribution in [0.5, 0.6) is 0 Å².